The van der Waals surface area contributed by atoms with Gasteiger partial charge in [0.1, 0.15) is 6.04 Å². The molecular formula is C29H28N6O3. The fraction of sp³-hybridized carbons (Fsp3) is 0.276. The monoisotopic (exact) mass is 508 g/mol. The molecular weight excluding hydrogens is 480 g/mol. The van der Waals surface area contributed by atoms with Crippen molar-refractivity contribution in [2.45, 2.75) is 39.2 Å². The molecule has 3 amide bonds. The Hall–Kier alpha value is -4.53. The Kier molecular flexibility index (Phi) is 5.90. The Morgan fingerprint density at radius 2 is 1.82 bits per heavy atom. The maximum Gasteiger partial charge on any atom is 0.261 e. The van der Waals surface area contributed by atoms with Crippen LogP contribution in [0.4, 0.5) is 5.69 Å². The van der Waals surface area contributed by atoms with Gasteiger partial charge in [-0.05, 0) is 30.5 Å². The van der Waals surface area contributed by atoms with E-state index in [4.69, 9.17) is 0 Å². The summed E-state index contributed by atoms with van der Waals surface area (Å²) in [7, 11) is 0. The van der Waals surface area contributed by atoms with Crippen molar-refractivity contribution in [1.29, 1.82) is 0 Å². The lowest BCUT2D eigenvalue weighted by Gasteiger charge is -2.29. The number of nitrogens with zero attached hydrogens (tertiary/aromatic N) is 5. The van der Waals surface area contributed by atoms with Crippen molar-refractivity contribution in [2.75, 3.05) is 18.0 Å². The standard InChI is InChI=1S/C29H28N6O3/c1-3-12-33(13-4-2)29(38)22-16-18-8-7-9-19-25(30-11-15-34(22)26(18)19)24-23(27(36)32-28(24)37)20-17-31-35-14-6-5-10-21(20)35/h5-11,14-15,17,22H,3-4,12-13,16H2,1-2H3,(H,32,36,37). The van der Waals surface area contributed by atoms with Crippen LogP contribution in [0.15, 0.2) is 71.8 Å². The van der Waals surface area contributed by atoms with Gasteiger partial charge in [-0.15, -0.1) is 0 Å². The molecule has 6 rings (SSSR count). The topological polar surface area (TPSA) is 99.4 Å². The van der Waals surface area contributed by atoms with E-state index in [0.29, 0.717) is 41.9 Å². The molecule has 0 spiro atoms. The summed E-state index contributed by atoms with van der Waals surface area (Å²) in [5.41, 5.74) is 4.72. The van der Waals surface area contributed by atoms with E-state index in [1.165, 1.54) is 0 Å². The molecule has 0 radical (unpaired) electrons. The van der Waals surface area contributed by atoms with E-state index in [-0.39, 0.29) is 23.1 Å². The Balaban J connectivity index is 1.47. The number of hydrogen-bond donors (Lipinski definition) is 1. The van der Waals surface area contributed by atoms with Crippen LogP contribution < -0.4 is 10.2 Å². The molecule has 2 aromatic heterocycles. The largest absolute Gasteiger partial charge is 0.341 e. The zero-order valence-electron chi connectivity index (χ0n) is 21.3. The molecule has 1 unspecified atom stereocenters. The second-order valence-corrected chi connectivity index (χ2v) is 9.66. The number of benzene rings is 1. The Morgan fingerprint density at radius 3 is 2.61 bits per heavy atom. The summed E-state index contributed by atoms with van der Waals surface area (Å²) in [6.45, 7) is 5.58. The molecule has 1 aromatic carbocycles. The van der Waals surface area contributed by atoms with Gasteiger partial charge in [0, 0.05) is 49.2 Å². The third kappa shape index (κ3) is 3.65. The van der Waals surface area contributed by atoms with Crippen LogP contribution in [0.5, 0.6) is 0 Å². The highest BCUT2D eigenvalue weighted by Gasteiger charge is 2.41. The zero-order valence-corrected chi connectivity index (χ0v) is 21.3. The van der Waals surface area contributed by atoms with Crippen LogP contribution >= 0.6 is 0 Å². The van der Waals surface area contributed by atoms with Crippen molar-refractivity contribution in [3.05, 3.63) is 83.5 Å². The highest BCUT2D eigenvalue weighted by Crippen LogP contribution is 2.40. The number of aliphatic imine (C=N–C) groups is 1. The van der Waals surface area contributed by atoms with Gasteiger partial charge in [-0.2, -0.15) is 5.10 Å². The molecule has 5 heterocycles. The normalized spacial score (nSPS) is 18.1. The zero-order chi connectivity index (χ0) is 26.4. The summed E-state index contributed by atoms with van der Waals surface area (Å²) in [6, 6.07) is 11.0. The van der Waals surface area contributed by atoms with Crippen LogP contribution in [0.3, 0.4) is 0 Å². The summed E-state index contributed by atoms with van der Waals surface area (Å²) in [4.78, 5) is 48.6. The van der Waals surface area contributed by atoms with Crippen LogP contribution in [0.25, 0.3) is 11.1 Å². The first-order chi connectivity index (χ1) is 18.5. The first-order valence-corrected chi connectivity index (χ1v) is 13.0. The van der Waals surface area contributed by atoms with Crippen LogP contribution in [-0.2, 0) is 20.8 Å². The smallest absolute Gasteiger partial charge is 0.261 e. The van der Waals surface area contributed by atoms with Gasteiger partial charge >= 0.3 is 0 Å². The average molecular weight is 509 g/mol. The highest BCUT2D eigenvalue weighted by molar-refractivity contribution is 6.48. The van der Waals surface area contributed by atoms with Crippen LogP contribution in [0.2, 0.25) is 0 Å². The molecule has 0 bridgehead atoms. The maximum absolute atomic E-state index is 13.7. The van der Waals surface area contributed by atoms with E-state index in [9.17, 15) is 14.4 Å². The second kappa shape index (κ2) is 9.41. The number of pyridine rings is 1. The lowest BCUT2D eigenvalue weighted by atomic mass is 9.93. The quantitative estimate of drug-likeness (QED) is 0.495. The molecule has 0 saturated carbocycles. The molecule has 3 aliphatic heterocycles. The van der Waals surface area contributed by atoms with Crippen molar-refractivity contribution in [3.63, 3.8) is 0 Å². The predicted molar refractivity (Wildman–Crippen MR) is 145 cm³/mol. The number of imide groups is 1. The molecule has 1 atom stereocenters. The van der Waals surface area contributed by atoms with Gasteiger partial charge in [0.2, 0.25) is 5.91 Å². The number of rotatable bonds is 7. The van der Waals surface area contributed by atoms with Crippen molar-refractivity contribution in [2.24, 2.45) is 4.99 Å². The van der Waals surface area contributed by atoms with E-state index in [0.717, 1.165) is 24.1 Å². The number of nitrogens with one attached hydrogen (secondary N) is 1. The minimum Gasteiger partial charge on any atom is -0.341 e. The number of anilines is 1. The predicted octanol–water partition coefficient (Wildman–Crippen LogP) is 3.10. The molecule has 0 fully saturated rings. The van der Waals surface area contributed by atoms with E-state index in [1.54, 1.807) is 23.1 Å². The van der Waals surface area contributed by atoms with Crippen LogP contribution in [0.1, 0.15) is 43.4 Å². The minimum absolute atomic E-state index is 0.0870. The molecule has 0 aliphatic carbocycles. The van der Waals surface area contributed by atoms with Gasteiger partial charge in [-0.3, -0.25) is 24.7 Å². The number of carbonyl (C=O) groups is 3. The Morgan fingerprint density at radius 1 is 1.03 bits per heavy atom. The van der Waals surface area contributed by atoms with E-state index in [2.05, 4.69) is 29.3 Å². The molecule has 0 saturated heterocycles. The molecule has 38 heavy (non-hydrogen) atoms. The van der Waals surface area contributed by atoms with E-state index < -0.39 is 11.8 Å². The van der Waals surface area contributed by atoms with Crippen molar-refractivity contribution in [3.8, 4) is 0 Å². The number of carbonyl (C=O) groups excluding carboxylic acids is 3. The average Bonchev–Trinajstić information content (AvgIpc) is 3.54. The third-order valence-electron chi connectivity index (χ3n) is 7.26. The lowest BCUT2D eigenvalue weighted by Crippen LogP contribution is -2.46. The van der Waals surface area contributed by atoms with Gasteiger partial charge in [0.15, 0.2) is 0 Å². The molecule has 192 valence electrons. The Labute approximate surface area is 220 Å². The van der Waals surface area contributed by atoms with Gasteiger partial charge in [-0.1, -0.05) is 38.1 Å². The fourth-order valence-electron chi connectivity index (χ4n) is 5.70. The molecule has 1 N–H and O–H groups in total. The van der Waals surface area contributed by atoms with Gasteiger partial charge in [0.25, 0.3) is 11.8 Å². The van der Waals surface area contributed by atoms with Crippen LogP contribution in [0, 0.1) is 0 Å². The first-order valence-electron chi connectivity index (χ1n) is 13.0. The van der Waals surface area contributed by atoms with Crippen LogP contribution in [-0.4, -0.2) is 57.1 Å². The SMILES string of the molecule is CCCN(CCC)C(=O)C1Cc2cccc3c2N1C=CN=C3C1=C(c2cnn3ccccc23)C(=O)NC1=O. The number of hydrogen-bond acceptors (Lipinski definition) is 6. The van der Waals surface area contributed by atoms with E-state index >= 15 is 0 Å². The molecule has 3 aromatic rings. The van der Waals surface area contributed by atoms with Gasteiger partial charge in [0.05, 0.1) is 34.3 Å². The van der Waals surface area contributed by atoms with E-state index in [1.807, 2.05) is 52.4 Å². The summed E-state index contributed by atoms with van der Waals surface area (Å²) in [6.07, 6.45) is 9.17. The number of aromatic nitrogens is 2. The first kappa shape index (κ1) is 23.8. The van der Waals surface area contributed by atoms with Gasteiger partial charge in [-0.25, -0.2) is 4.52 Å². The fourth-order valence-corrected chi connectivity index (χ4v) is 5.70. The second-order valence-electron chi connectivity index (χ2n) is 9.66. The molecule has 9 nitrogen and oxygen atoms in total. The molecule has 3 aliphatic rings. The van der Waals surface area contributed by atoms with Crippen molar-refractivity contribution >= 4 is 40.2 Å². The number of para-hydroxylation sites is 1. The van der Waals surface area contributed by atoms with Crippen molar-refractivity contribution < 1.29 is 14.4 Å². The summed E-state index contributed by atoms with van der Waals surface area (Å²) < 4.78 is 1.67. The summed E-state index contributed by atoms with van der Waals surface area (Å²) in [5.74, 6) is -0.892. The third-order valence-corrected chi connectivity index (χ3v) is 7.26. The van der Waals surface area contributed by atoms with Gasteiger partial charge < -0.3 is 9.80 Å². The van der Waals surface area contributed by atoms with Crippen molar-refractivity contribution in [1.82, 2.24) is 19.8 Å². The highest BCUT2D eigenvalue weighted by atomic mass is 16.2. The minimum atomic E-state index is -0.499. The summed E-state index contributed by atoms with van der Waals surface area (Å²) in [5, 5.41) is 6.83. The number of amides is 3. The maximum atomic E-state index is 13.7. The number of fused-ring (bicyclic) bond motifs is 1. The summed E-state index contributed by atoms with van der Waals surface area (Å²) >= 11 is 0. The Bertz CT molecular complexity index is 1570. The molecule has 9 heteroatoms. The lowest BCUT2D eigenvalue weighted by molar-refractivity contribution is -0.132.